The maximum absolute atomic E-state index is 2.47. The predicted octanol–water partition coefficient (Wildman–Crippen LogP) is 3.99. The van der Waals surface area contributed by atoms with Crippen molar-refractivity contribution < 1.29 is 48.0 Å². The smallest absolute Gasteiger partial charge is 1.00 e. The molecule has 0 nitrogen and oxygen atoms in total. The molecule has 0 spiro atoms. The molecule has 0 radical (unpaired) electrons. The molecule has 0 amide bonds. The summed E-state index contributed by atoms with van der Waals surface area (Å²) < 4.78 is 3.83. The molecule has 0 saturated heterocycles. The van der Waals surface area contributed by atoms with Crippen LogP contribution in [0.25, 0.3) is 0 Å². The van der Waals surface area contributed by atoms with Crippen molar-refractivity contribution in [1.82, 2.24) is 0 Å². The topological polar surface area (TPSA) is 0 Å². The van der Waals surface area contributed by atoms with Gasteiger partial charge in [-0.25, -0.2) is 0 Å². The summed E-state index contributed by atoms with van der Waals surface area (Å²) in [5.41, 5.74) is 11.0. The Labute approximate surface area is 231 Å². The first-order valence-corrected chi connectivity index (χ1v) is 15.5. The van der Waals surface area contributed by atoms with Crippen molar-refractivity contribution in [3.8, 4) is 0 Å². The summed E-state index contributed by atoms with van der Waals surface area (Å²) in [4.78, 5) is 0. The van der Waals surface area contributed by atoms with Crippen molar-refractivity contribution >= 4 is 0 Å². The standard InChI is InChI=1S/2C15H25.2ClH.Zr/c2*1-7-15(8-2,11(3)4)14-10-9-12(5)13(14)6;;;/h2*11H,7-9H2,1-6H3;2*1H;/q;;;;+2/p-2. The Morgan fingerprint density at radius 3 is 1.09 bits per heavy atom. The molecule has 0 N–H and O–H groups in total. The Morgan fingerprint density at radius 2 is 0.879 bits per heavy atom. The Morgan fingerprint density at radius 1 is 0.606 bits per heavy atom. The van der Waals surface area contributed by atoms with E-state index in [4.69, 9.17) is 0 Å². The Hall–Kier alpha value is 0.423. The molecule has 0 saturated carbocycles. The number of allylic oxidation sites excluding steroid dienone is 8. The predicted molar refractivity (Wildman–Crippen MR) is 136 cm³/mol. The minimum atomic E-state index is -0.809. The van der Waals surface area contributed by atoms with Gasteiger partial charge in [0.05, 0.1) is 0 Å². The van der Waals surface area contributed by atoms with Crippen LogP contribution in [0, 0.1) is 22.7 Å². The average Bonchev–Trinajstić information content (AvgIpc) is 3.15. The van der Waals surface area contributed by atoms with Gasteiger partial charge in [-0.05, 0) is 0 Å². The van der Waals surface area contributed by atoms with E-state index >= 15 is 0 Å². The molecule has 188 valence electrons. The van der Waals surface area contributed by atoms with Gasteiger partial charge in [0.25, 0.3) is 0 Å². The van der Waals surface area contributed by atoms with Gasteiger partial charge in [-0.1, -0.05) is 0 Å². The van der Waals surface area contributed by atoms with E-state index in [0.717, 1.165) is 0 Å². The molecular weight excluding hydrogens is 522 g/mol. The second-order valence-corrected chi connectivity index (χ2v) is 14.6. The summed E-state index contributed by atoms with van der Waals surface area (Å²) in [7, 11) is 0. The van der Waals surface area contributed by atoms with Gasteiger partial charge >= 0.3 is 208 Å². The molecule has 2 rings (SSSR count). The molecule has 0 fully saturated rings. The van der Waals surface area contributed by atoms with E-state index in [1.807, 2.05) is 17.7 Å². The van der Waals surface area contributed by atoms with Gasteiger partial charge in [-0.2, -0.15) is 0 Å². The van der Waals surface area contributed by atoms with E-state index < -0.39 is 23.2 Å². The van der Waals surface area contributed by atoms with Gasteiger partial charge in [-0.3, -0.25) is 0 Å². The third-order valence-electron chi connectivity index (χ3n) is 9.55. The summed E-state index contributed by atoms with van der Waals surface area (Å²) in [6.45, 7) is 29.3. The zero-order chi connectivity index (χ0) is 23.7. The molecule has 0 aromatic carbocycles. The fourth-order valence-corrected chi connectivity index (χ4v) is 12.4. The summed E-state index contributed by atoms with van der Waals surface area (Å²) >= 11 is -0.809. The van der Waals surface area contributed by atoms with Crippen molar-refractivity contribution in [1.29, 1.82) is 0 Å². The number of hydrogen-bond acceptors (Lipinski definition) is 0. The van der Waals surface area contributed by atoms with Gasteiger partial charge in [0.1, 0.15) is 0 Å². The fourth-order valence-electron chi connectivity index (χ4n) is 7.01. The molecule has 0 aromatic rings. The summed E-state index contributed by atoms with van der Waals surface area (Å²) in [6.07, 6.45) is 7.61. The minimum Gasteiger partial charge on any atom is -1.00 e. The van der Waals surface area contributed by atoms with Gasteiger partial charge in [0, 0.05) is 0 Å². The molecule has 0 heterocycles. The van der Waals surface area contributed by atoms with Gasteiger partial charge in [0.15, 0.2) is 0 Å². The van der Waals surface area contributed by atoms with E-state index in [2.05, 4.69) is 83.1 Å². The van der Waals surface area contributed by atoms with Crippen molar-refractivity contribution in [2.75, 3.05) is 0 Å². The van der Waals surface area contributed by atoms with E-state index in [0.29, 0.717) is 22.7 Å². The van der Waals surface area contributed by atoms with E-state index in [9.17, 15) is 0 Å². The van der Waals surface area contributed by atoms with Crippen LogP contribution < -0.4 is 24.8 Å². The zero-order valence-electron chi connectivity index (χ0n) is 23.7. The number of halogens is 2. The molecule has 2 aliphatic rings. The van der Waals surface area contributed by atoms with Gasteiger partial charge < -0.3 is 24.8 Å². The first-order valence-electron chi connectivity index (χ1n) is 13.0. The average molecular weight is 573 g/mol. The van der Waals surface area contributed by atoms with E-state index in [-0.39, 0.29) is 24.8 Å². The summed E-state index contributed by atoms with van der Waals surface area (Å²) in [5, 5.41) is 0. The molecule has 33 heavy (non-hydrogen) atoms. The normalized spacial score (nSPS) is 17.4. The molecule has 3 heteroatoms. The largest absolute Gasteiger partial charge is 1.00 e. The zero-order valence-corrected chi connectivity index (χ0v) is 27.6. The second kappa shape index (κ2) is 13.1. The van der Waals surface area contributed by atoms with Crippen LogP contribution in [0.15, 0.2) is 40.0 Å². The van der Waals surface area contributed by atoms with Gasteiger partial charge in [-0.15, -0.1) is 0 Å². The third-order valence-corrected chi connectivity index (χ3v) is 13.1. The maximum Gasteiger partial charge on any atom is -1.00 e. The quantitative estimate of drug-likeness (QED) is 0.372. The van der Waals surface area contributed by atoms with E-state index in [1.54, 1.807) is 22.3 Å². The monoisotopic (exact) mass is 570 g/mol. The molecular formula is C30H50Cl2Zr. The van der Waals surface area contributed by atoms with Crippen LogP contribution in [0.1, 0.15) is 122 Å². The summed E-state index contributed by atoms with van der Waals surface area (Å²) in [5.74, 6) is 1.40. The van der Waals surface area contributed by atoms with Crippen LogP contribution in [0.2, 0.25) is 0 Å². The Balaban J connectivity index is 0.00000512. The summed E-state index contributed by atoms with van der Waals surface area (Å²) in [6, 6.07) is 0. The van der Waals surface area contributed by atoms with Crippen LogP contribution >= 0.6 is 0 Å². The Bertz CT molecular complexity index is 744. The molecule has 2 aliphatic carbocycles. The second-order valence-electron chi connectivity index (χ2n) is 11.0. The Kier molecular flexibility index (Phi) is 13.3. The van der Waals surface area contributed by atoms with Gasteiger partial charge in [0.2, 0.25) is 0 Å². The van der Waals surface area contributed by atoms with Crippen LogP contribution in [-0.2, 0) is 23.2 Å². The van der Waals surface area contributed by atoms with Crippen LogP contribution in [0.5, 0.6) is 0 Å². The maximum atomic E-state index is 2.47. The molecule has 0 aliphatic heterocycles. The SMILES string of the molecule is CCC(CC)(C1=[C]([Zr+2][C]2=C(C(CC)(CC)C(C)C)C(C)=C(C)C2)CC(C)=C1C)C(C)C.[Cl-].[Cl-]. The van der Waals surface area contributed by atoms with Crippen LogP contribution in [0.4, 0.5) is 0 Å². The first kappa shape index (κ1) is 33.4. The molecule has 0 unspecified atom stereocenters. The number of rotatable bonds is 10. The third kappa shape index (κ3) is 5.72. The van der Waals surface area contributed by atoms with E-state index in [1.165, 1.54) is 38.5 Å². The van der Waals surface area contributed by atoms with Crippen molar-refractivity contribution in [3.63, 3.8) is 0 Å². The van der Waals surface area contributed by atoms with Crippen molar-refractivity contribution in [2.24, 2.45) is 22.7 Å². The molecule has 0 bridgehead atoms. The van der Waals surface area contributed by atoms with Crippen molar-refractivity contribution in [3.05, 3.63) is 40.0 Å². The molecule has 0 atom stereocenters. The molecule has 0 aromatic heterocycles. The van der Waals surface area contributed by atoms with Crippen molar-refractivity contribution in [2.45, 2.75) is 122 Å². The van der Waals surface area contributed by atoms with Crippen LogP contribution in [0.3, 0.4) is 0 Å². The fraction of sp³-hybridized carbons (Fsp3) is 0.733. The minimum absolute atomic E-state index is 0. The van der Waals surface area contributed by atoms with Crippen LogP contribution in [-0.4, -0.2) is 0 Å². The first-order chi connectivity index (χ1) is 14.5. The number of hydrogen-bond donors (Lipinski definition) is 0.